The SMILES string of the molecule is CCCCC(CC)COC(=O)C=Cc1c(C#N)cccc1-c1ccccc1. The zero-order valence-corrected chi connectivity index (χ0v) is 16.2. The van der Waals surface area contributed by atoms with Crippen molar-refractivity contribution < 1.29 is 9.53 Å². The van der Waals surface area contributed by atoms with Gasteiger partial charge in [0.05, 0.1) is 18.2 Å². The molecule has 27 heavy (non-hydrogen) atoms. The fraction of sp³-hybridized carbons (Fsp3) is 0.333. The van der Waals surface area contributed by atoms with Gasteiger partial charge in [0.15, 0.2) is 0 Å². The summed E-state index contributed by atoms with van der Waals surface area (Å²) in [5.74, 6) is 0.0466. The number of unbranched alkanes of at least 4 members (excludes halogenated alkanes) is 1. The summed E-state index contributed by atoms with van der Waals surface area (Å²) >= 11 is 0. The van der Waals surface area contributed by atoms with Crippen LogP contribution in [0.3, 0.4) is 0 Å². The number of esters is 1. The lowest BCUT2D eigenvalue weighted by Gasteiger charge is -2.13. The number of nitrogens with zero attached hydrogens (tertiary/aromatic N) is 1. The monoisotopic (exact) mass is 361 g/mol. The number of carbonyl (C=O) groups excluding carboxylic acids is 1. The van der Waals surface area contributed by atoms with E-state index in [-0.39, 0.29) is 5.97 Å². The van der Waals surface area contributed by atoms with E-state index in [1.54, 1.807) is 12.1 Å². The van der Waals surface area contributed by atoms with Crippen molar-refractivity contribution in [2.45, 2.75) is 39.5 Å². The molecule has 1 atom stereocenters. The van der Waals surface area contributed by atoms with Crippen molar-refractivity contribution >= 4 is 12.0 Å². The molecule has 2 rings (SSSR count). The van der Waals surface area contributed by atoms with Gasteiger partial charge in [-0.3, -0.25) is 0 Å². The smallest absolute Gasteiger partial charge is 0.330 e. The van der Waals surface area contributed by atoms with Gasteiger partial charge in [0.2, 0.25) is 0 Å². The van der Waals surface area contributed by atoms with Crippen molar-refractivity contribution in [2.75, 3.05) is 6.61 Å². The van der Waals surface area contributed by atoms with Gasteiger partial charge < -0.3 is 4.74 Å². The van der Waals surface area contributed by atoms with Gasteiger partial charge in [0.1, 0.15) is 0 Å². The molecule has 0 aliphatic carbocycles. The fourth-order valence-corrected chi connectivity index (χ4v) is 3.01. The van der Waals surface area contributed by atoms with Crippen LogP contribution in [0.5, 0.6) is 0 Å². The molecule has 1 unspecified atom stereocenters. The summed E-state index contributed by atoms with van der Waals surface area (Å²) in [5.41, 5.74) is 3.21. The maximum absolute atomic E-state index is 12.2. The molecule has 0 aliphatic rings. The standard InChI is InChI=1S/C24H27NO2/c1-3-5-10-19(4-2)18-27-24(26)16-15-23-21(17-25)13-9-14-22(23)20-11-7-6-8-12-20/h6-9,11-16,19H,3-5,10,18H2,1-2H3. The van der Waals surface area contributed by atoms with Crippen LogP contribution < -0.4 is 0 Å². The predicted octanol–water partition coefficient (Wildman–Crippen LogP) is 6.00. The Kier molecular flexibility index (Phi) is 8.32. The zero-order chi connectivity index (χ0) is 19.5. The first-order chi connectivity index (χ1) is 13.2. The highest BCUT2D eigenvalue weighted by Crippen LogP contribution is 2.27. The Morgan fingerprint density at radius 1 is 1.15 bits per heavy atom. The first-order valence-electron chi connectivity index (χ1n) is 9.62. The minimum absolute atomic E-state index is 0.364. The van der Waals surface area contributed by atoms with E-state index in [2.05, 4.69) is 19.9 Å². The maximum atomic E-state index is 12.2. The van der Waals surface area contributed by atoms with Crippen LogP contribution in [0.4, 0.5) is 0 Å². The van der Waals surface area contributed by atoms with E-state index in [0.717, 1.165) is 42.4 Å². The third kappa shape index (κ3) is 6.11. The number of ether oxygens (including phenoxy) is 1. The van der Waals surface area contributed by atoms with Crippen LogP contribution in [0.1, 0.15) is 50.7 Å². The number of rotatable bonds is 9. The number of hydrogen-bond donors (Lipinski definition) is 0. The molecule has 0 bridgehead atoms. The second-order valence-corrected chi connectivity index (χ2v) is 6.62. The number of nitriles is 1. The minimum Gasteiger partial charge on any atom is -0.462 e. The van der Waals surface area contributed by atoms with Crippen LogP contribution in [-0.4, -0.2) is 12.6 Å². The molecule has 0 aromatic heterocycles. The molecule has 0 N–H and O–H groups in total. The molecule has 140 valence electrons. The van der Waals surface area contributed by atoms with E-state index < -0.39 is 0 Å². The Labute approximate surface area is 162 Å². The van der Waals surface area contributed by atoms with Gasteiger partial charge in [-0.1, -0.05) is 75.6 Å². The van der Waals surface area contributed by atoms with Gasteiger partial charge in [0.25, 0.3) is 0 Å². The Hall–Kier alpha value is -2.86. The van der Waals surface area contributed by atoms with Gasteiger partial charge in [0, 0.05) is 11.6 Å². The quantitative estimate of drug-likeness (QED) is 0.407. The van der Waals surface area contributed by atoms with Crippen molar-refractivity contribution in [3.63, 3.8) is 0 Å². The molecule has 0 saturated carbocycles. The second-order valence-electron chi connectivity index (χ2n) is 6.62. The highest BCUT2D eigenvalue weighted by Gasteiger charge is 2.10. The number of hydrogen-bond acceptors (Lipinski definition) is 3. The Morgan fingerprint density at radius 3 is 2.59 bits per heavy atom. The van der Waals surface area contributed by atoms with Crippen LogP contribution in [0.25, 0.3) is 17.2 Å². The summed E-state index contributed by atoms with van der Waals surface area (Å²) in [4.78, 5) is 12.2. The lowest BCUT2D eigenvalue weighted by atomic mass is 9.95. The molecule has 0 spiro atoms. The average molecular weight is 361 g/mol. The van der Waals surface area contributed by atoms with Crippen LogP contribution in [-0.2, 0) is 9.53 Å². The van der Waals surface area contributed by atoms with Crippen molar-refractivity contribution in [1.29, 1.82) is 5.26 Å². The van der Waals surface area contributed by atoms with E-state index in [4.69, 9.17) is 4.74 Å². The largest absolute Gasteiger partial charge is 0.462 e. The first kappa shape index (κ1) is 20.5. The fourth-order valence-electron chi connectivity index (χ4n) is 3.01. The summed E-state index contributed by atoms with van der Waals surface area (Å²) in [6, 6.07) is 17.6. The lowest BCUT2D eigenvalue weighted by molar-refractivity contribution is -0.139. The Morgan fingerprint density at radius 2 is 1.93 bits per heavy atom. The molecular weight excluding hydrogens is 334 g/mol. The van der Waals surface area contributed by atoms with E-state index in [1.165, 1.54) is 6.08 Å². The Bertz CT molecular complexity index is 803. The van der Waals surface area contributed by atoms with Crippen LogP contribution >= 0.6 is 0 Å². The van der Waals surface area contributed by atoms with Gasteiger partial charge in [-0.05, 0) is 35.6 Å². The molecule has 0 aliphatic heterocycles. The van der Waals surface area contributed by atoms with Crippen LogP contribution in [0.15, 0.2) is 54.6 Å². The van der Waals surface area contributed by atoms with E-state index in [9.17, 15) is 10.1 Å². The highest BCUT2D eigenvalue weighted by atomic mass is 16.5. The number of benzene rings is 2. The van der Waals surface area contributed by atoms with Gasteiger partial charge in [-0.2, -0.15) is 5.26 Å². The van der Waals surface area contributed by atoms with E-state index in [0.29, 0.717) is 18.1 Å². The molecule has 0 amide bonds. The molecule has 0 saturated heterocycles. The van der Waals surface area contributed by atoms with Crippen LogP contribution in [0, 0.1) is 17.2 Å². The Balaban J connectivity index is 2.14. The molecule has 3 heteroatoms. The molecule has 2 aromatic carbocycles. The third-order valence-electron chi connectivity index (χ3n) is 4.70. The first-order valence-corrected chi connectivity index (χ1v) is 9.62. The van der Waals surface area contributed by atoms with Crippen molar-refractivity contribution in [3.8, 4) is 17.2 Å². The average Bonchev–Trinajstić information content (AvgIpc) is 2.72. The third-order valence-corrected chi connectivity index (χ3v) is 4.70. The van der Waals surface area contributed by atoms with Gasteiger partial charge in [-0.25, -0.2) is 4.79 Å². The summed E-state index contributed by atoms with van der Waals surface area (Å²) < 4.78 is 5.42. The summed E-state index contributed by atoms with van der Waals surface area (Å²) in [6.07, 6.45) is 7.51. The normalized spacial score (nSPS) is 11.9. The van der Waals surface area contributed by atoms with Crippen molar-refractivity contribution in [1.82, 2.24) is 0 Å². The summed E-state index contributed by atoms with van der Waals surface area (Å²) in [6.45, 7) is 4.74. The summed E-state index contributed by atoms with van der Waals surface area (Å²) in [5, 5.41) is 9.45. The predicted molar refractivity (Wildman–Crippen MR) is 110 cm³/mol. The maximum Gasteiger partial charge on any atom is 0.330 e. The molecule has 3 nitrogen and oxygen atoms in total. The van der Waals surface area contributed by atoms with Crippen LogP contribution in [0.2, 0.25) is 0 Å². The zero-order valence-electron chi connectivity index (χ0n) is 16.2. The minimum atomic E-state index is -0.364. The van der Waals surface area contributed by atoms with Crippen molar-refractivity contribution in [2.24, 2.45) is 5.92 Å². The van der Waals surface area contributed by atoms with Gasteiger partial charge >= 0.3 is 5.97 Å². The van der Waals surface area contributed by atoms with E-state index in [1.807, 2.05) is 42.5 Å². The van der Waals surface area contributed by atoms with Crippen molar-refractivity contribution in [3.05, 3.63) is 65.7 Å². The molecule has 0 fully saturated rings. The lowest BCUT2D eigenvalue weighted by Crippen LogP contribution is -2.12. The molecular formula is C24H27NO2. The van der Waals surface area contributed by atoms with E-state index >= 15 is 0 Å². The molecule has 0 heterocycles. The highest BCUT2D eigenvalue weighted by molar-refractivity contribution is 5.90. The van der Waals surface area contributed by atoms with Gasteiger partial charge in [-0.15, -0.1) is 0 Å². The topological polar surface area (TPSA) is 50.1 Å². The number of carbonyl (C=O) groups is 1. The summed E-state index contributed by atoms with van der Waals surface area (Å²) in [7, 11) is 0. The molecule has 2 aromatic rings. The second kappa shape index (κ2) is 11.0. The molecule has 0 radical (unpaired) electrons.